The van der Waals surface area contributed by atoms with Crippen molar-refractivity contribution in [3.63, 3.8) is 0 Å². The van der Waals surface area contributed by atoms with Crippen molar-refractivity contribution in [1.29, 1.82) is 0 Å². The van der Waals surface area contributed by atoms with Crippen molar-refractivity contribution in [3.05, 3.63) is 23.8 Å². The van der Waals surface area contributed by atoms with Crippen LogP contribution in [0.1, 0.15) is 11.4 Å². The fourth-order valence-corrected chi connectivity index (χ4v) is 0.839. The van der Waals surface area contributed by atoms with Crippen LogP contribution in [0.4, 0.5) is 13.2 Å². The zero-order chi connectivity index (χ0) is 10.8. The van der Waals surface area contributed by atoms with E-state index in [2.05, 4.69) is 9.97 Å². The third-order valence-electron chi connectivity index (χ3n) is 1.61. The number of aliphatic hydroxyl groups is 1. The molecule has 0 saturated heterocycles. The number of alkyl halides is 3. The Labute approximate surface area is 78.6 Å². The van der Waals surface area contributed by atoms with Gasteiger partial charge < -0.3 is 5.11 Å². The summed E-state index contributed by atoms with van der Waals surface area (Å²) in [7, 11) is 0. The summed E-state index contributed by atoms with van der Waals surface area (Å²) in [4.78, 5) is 7.48. The van der Waals surface area contributed by atoms with Crippen LogP contribution in [0, 0.1) is 6.92 Å². The lowest BCUT2D eigenvalue weighted by Crippen LogP contribution is -2.30. The van der Waals surface area contributed by atoms with Crippen LogP contribution in [0.25, 0.3) is 0 Å². The molecular weight excluding hydrogens is 197 g/mol. The highest BCUT2D eigenvalue weighted by Crippen LogP contribution is 2.22. The van der Waals surface area contributed by atoms with Crippen molar-refractivity contribution in [2.75, 3.05) is 0 Å². The van der Waals surface area contributed by atoms with Crippen molar-refractivity contribution in [3.8, 4) is 0 Å². The molecule has 0 radical (unpaired) electrons. The van der Waals surface area contributed by atoms with Gasteiger partial charge in [-0.05, 0) is 6.92 Å². The van der Waals surface area contributed by atoms with Gasteiger partial charge in [0.2, 0.25) is 0 Å². The standard InChI is InChI=1S/C8H9F3N2O/c1-5-3-13-6(4-12-5)2-7(14)8(9,10)11/h3-4,7,14H,2H2,1H3. The molecule has 1 rings (SSSR count). The SMILES string of the molecule is Cc1cnc(CC(O)C(F)(F)F)cn1. The first kappa shape index (κ1) is 10.9. The Balaban J connectivity index is 2.65. The molecule has 78 valence electrons. The zero-order valence-corrected chi connectivity index (χ0v) is 7.41. The number of nitrogens with zero attached hydrogens (tertiary/aromatic N) is 2. The summed E-state index contributed by atoms with van der Waals surface area (Å²) >= 11 is 0. The maximum atomic E-state index is 11.9. The van der Waals surface area contributed by atoms with E-state index in [-0.39, 0.29) is 5.69 Å². The van der Waals surface area contributed by atoms with E-state index in [9.17, 15) is 13.2 Å². The maximum absolute atomic E-state index is 11.9. The van der Waals surface area contributed by atoms with E-state index in [4.69, 9.17) is 5.11 Å². The van der Waals surface area contributed by atoms with Crippen LogP contribution >= 0.6 is 0 Å². The van der Waals surface area contributed by atoms with Crippen molar-refractivity contribution in [2.45, 2.75) is 25.6 Å². The van der Waals surface area contributed by atoms with Crippen molar-refractivity contribution in [1.82, 2.24) is 9.97 Å². The van der Waals surface area contributed by atoms with E-state index in [0.717, 1.165) is 0 Å². The molecule has 0 spiro atoms. The lowest BCUT2D eigenvalue weighted by atomic mass is 10.2. The molecule has 0 amide bonds. The quantitative estimate of drug-likeness (QED) is 0.792. The molecule has 1 heterocycles. The smallest absolute Gasteiger partial charge is 0.383 e. The van der Waals surface area contributed by atoms with Crippen LogP contribution in [-0.2, 0) is 6.42 Å². The summed E-state index contributed by atoms with van der Waals surface area (Å²) in [6.07, 6.45) is -4.95. The molecule has 0 aliphatic carbocycles. The van der Waals surface area contributed by atoms with Gasteiger partial charge in [-0.2, -0.15) is 13.2 Å². The fraction of sp³-hybridized carbons (Fsp3) is 0.500. The predicted molar refractivity (Wildman–Crippen MR) is 42.5 cm³/mol. The van der Waals surface area contributed by atoms with Gasteiger partial charge in [0.15, 0.2) is 6.10 Å². The largest absolute Gasteiger partial charge is 0.414 e. The van der Waals surface area contributed by atoms with Crippen molar-refractivity contribution < 1.29 is 18.3 Å². The second-order valence-corrected chi connectivity index (χ2v) is 2.91. The molecule has 0 bridgehead atoms. The second kappa shape index (κ2) is 3.91. The number of halogens is 3. The van der Waals surface area contributed by atoms with Gasteiger partial charge in [0.1, 0.15) is 0 Å². The van der Waals surface area contributed by atoms with Crippen LogP contribution < -0.4 is 0 Å². The van der Waals surface area contributed by atoms with E-state index in [0.29, 0.717) is 5.69 Å². The second-order valence-electron chi connectivity index (χ2n) is 2.91. The molecule has 6 heteroatoms. The molecule has 1 unspecified atom stereocenters. The van der Waals surface area contributed by atoms with Gasteiger partial charge in [-0.3, -0.25) is 9.97 Å². The number of aryl methyl sites for hydroxylation is 1. The monoisotopic (exact) mass is 206 g/mol. The highest BCUT2D eigenvalue weighted by atomic mass is 19.4. The van der Waals surface area contributed by atoms with E-state index in [1.807, 2.05) is 0 Å². The predicted octanol–water partition coefficient (Wildman–Crippen LogP) is 1.25. The number of hydrogen-bond donors (Lipinski definition) is 1. The molecule has 0 saturated carbocycles. The summed E-state index contributed by atoms with van der Waals surface area (Å²) < 4.78 is 35.7. The van der Waals surface area contributed by atoms with Gasteiger partial charge in [-0.25, -0.2) is 0 Å². The van der Waals surface area contributed by atoms with Crippen LogP contribution in [0.15, 0.2) is 12.4 Å². The van der Waals surface area contributed by atoms with E-state index < -0.39 is 18.7 Å². The Morgan fingerprint density at radius 3 is 2.43 bits per heavy atom. The Morgan fingerprint density at radius 1 is 1.36 bits per heavy atom. The fourth-order valence-electron chi connectivity index (χ4n) is 0.839. The third-order valence-corrected chi connectivity index (χ3v) is 1.61. The van der Waals surface area contributed by atoms with Gasteiger partial charge in [0.05, 0.1) is 11.4 Å². The maximum Gasteiger partial charge on any atom is 0.414 e. The molecular formula is C8H9F3N2O. The Morgan fingerprint density at radius 2 is 2.00 bits per heavy atom. The molecule has 1 N–H and O–H groups in total. The normalized spacial score (nSPS) is 14.1. The summed E-state index contributed by atoms with van der Waals surface area (Å²) in [5, 5.41) is 8.72. The van der Waals surface area contributed by atoms with Gasteiger partial charge in [0.25, 0.3) is 0 Å². The summed E-state index contributed by atoms with van der Waals surface area (Å²) in [5.41, 5.74) is 0.746. The molecule has 1 aromatic rings. The summed E-state index contributed by atoms with van der Waals surface area (Å²) in [6.45, 7) is 1.68. The molecule has 0 aromatic carbocycles. The number of aromatic nitrogens is 2. The molecule has 1 aromatic heterocycles. The highest BCUT2D eigenvalue weighted by molar-refractivity contribution is 5.02. The van der Waals surface area contributed by atoms with Gasteiger partial charge in [-0.15, -0.1) is 0 Å². The van der Waals surface area contributed by atoms with Gasteiger partial charge in [0, 0.05) is 18.8 Å². The molecule has 0 fully saturated rings. The van der Waals surface area contributed by atoms with Crippen LogP contribution in [0.2, 0.25) is 0 Å². The first-order chi connectivity index (χ1) is 6.39. The minimum atomic E-state index is -4.60. The molecule has 1 atom stereocenters. The lowest BCUT2D eigenvalue weighted by Gasteiger charge is -2.13. The Hall–Kier alpha value is -1.17. The Bertz CT molecular complexity index is 296. The lowest BCUT2D eigenvalue weighted by molar-refractivity contribution is -0.203. The number of aliphatic hydroxyl groups excluding tert-OH is 1. The number of rotatable bonds is 2. The summed E-state index contributed by atoms with van der Waals surface area (Å²) in [6, 6.07) is 0. The zero-order valence-electron chi connectivity index (χ0n) is 7.41. The molecule has 14 heavy (non-hydrogen) atoms. The first-order valence-corrected chi connectivity index (χ1v) is 3.92. The summed E-state index contributed by atoms with van der Waals surface area (Å²) in [5.74, 6) is 0. The van der Waals surface area contributed by atoms with Crippen LogP contribution in [0.5, 0.6) is 0 Å². The van der Waals surface area contributed by atoms with E-state index in [1.165, 1.54) is 12.4 Å². The molecule has 0 aliphatic rings. The third kappa shape index (κ3) is 2.95. The first-order valence-electron chi connectivity index (χ1n) is 3.92. The average molecular weight is 206 g/mol. The topological polar surface area (TPSA) is 46.0 Å². The van der Waals surface area contributed by atoms with E-state index in [1.54, 1.807) is 6.92 Å². The van der Waals surface area contributed by atoms with Crippen LogP contribution in [-0.4, -0.2) is 27.4 Å². The van der Waals surface area contributed by atoms with Crippen molar-refractivity contribution in [2.24, 2.45) is 0 Å². The number of hydrogen-bond acceptors (Lipinski definition) is 3. The minimum absolute atomic E-state index is 0.125. The highest BCUT2D eigenvalue weighted by Gasteiger charge is 2.38. The van der Waals surface area contributed by atoms with E-state index >= 15 is 0 Å². The van der Waals surface area contributed by atoms with Gasteiger partial charge >= 0.3 is 6.18 Å². The molecule has 3 nitrogen and oxygen atoms in total. The average Bonchev–Trinajstić information content (AvgIpc) is 2.07. The minimum Gasteiger partial charge on any atom is -0.383 e. The van der Waals surface area contributed by atoms with Gasteiger partial charge in [-0.1, -0.05) is 0 Å². The van der Waals surface area contributed by atoms with Crippen molar-refractivity contribution >= 4 is 0 Å². The molecule has 0 aliphatic heterocycles. The Kier molecular flexibility index (Phi) is 3.05. The van der Waals surface area contributed by atoms with Crippen LogP contribution in [0.3, 0.4) is 0 Å².